The average molecular weight is 437 g/mol. The number of para-hydroxylation sites is 1. The number of carbonyl (C=O) groups is 2. The lowest BCUT2D eigenvalue weighted by Crippen LogP contribution is -2.28. The molecule has 3 rings (SSSR count). The molecule has 168 valence electrons. The summed E-state index contributed by atoms with van der Waals surface area (Å²) in [7, 11) is 0. The van der Waals surface area contributed by atoms with Gasteiger partial charge in [0.2, 0.25) is 0 Å². The Hall–Kier alpha value is -3.61. The fourth-order valence-electron chi connectivity index (χ4n) is 3.17. The fourth-order valence-corrected chi connectivity index (χ4v) is 3.17. The summed E-state index contributed by atoms with van der Waals surface area (Å²) in [5.74, 6) is 0.0464. The molecule has 7 nitrogen and oxygen atoms in total. The van der Waals surface area contributed by atoms with Crippen LogP contribution in [0.15, 0.2) is 57.7 Å². The van der Waals surface area contributed by atoms with E-state index in [9.17, 15) is 14.4 Å². The van der Waals surface area contributed by atoms with Gasteiger partial charge in [0.15, 0.2) is 6.61 Å². The van der Waals surface area contributed by atoms with E-state index >= 15 is 0 Å². The molecule has 0 radical (unpaired) electrons. The van der Waals surface area contributed by atoms with Crippen LogP contribution in [0.2, 0.25) is 0 Å². The van der Waals surface area contributed by atoms with Crippen molar-refractivity contribution in [2.75, 3.05) is 13.2 Å². The molecule has 0 unspecified atom stereocenters. The third-order valence-corrected chi connectivity index (χ3v) is 4.89. The third kappa shape index (κ3) is 5.75. The summed E-state index contributed by atoms with van der Waals surface area (Å²) in [6.07, 6.45) is 1.76. The first-order chi connectivity index (χ1) is 15.4. The molecule has 2 aromatic carbocycles. The van der Waals surface area contributed by atoms with Crippen LogP contribution in [0, 0.1) is 0 Å². The molecule has 1 aromatic heterocycles. The second-order valence-corrected chi connectivity index (χ2v) is 7.71. The summed E-state index contributed by atoms with van der Waals surface area (Å²) in [6.45, 7) is 6.33. The van der Waals surface area contributed by atoms with Crippen LogP contribution in [0.25, 0.3) is 11.0 Å². The maximum Gasteiger partial charge on any atom is 0.349 e. The minimum atomic E-state index is -0.747. The molecule has 0 spiro atoms. The number of nitrogens with one attached hydrogen (secondary N) is 1. The van der Waals surface area contributed by atoms with Gasteiger partial charge in [0.1, 0.15) is 22.6 Å². The molecule has 0 aliphatic heterocycles. The molecule has 0 atom stereocenters. The highest BCUT2D eigenvalue weighted by atomic mass is 16.6. The molecule has 0 saturated heterocycles. The van der Waals surface area contributed by atoms with Gasteiger partial charge >= 0.3 is 11.6 Å². The molecular weight excluding hydrogens is 410 g/mol. The van der Waals surface area contributed by atoms with Crippen LogP contribution in [0.3, 0.4) is 0 Å². The number of hydrogen-bond acceptors (Lipinski definition) is 6. The van der Waals surface area contributed by atoms with E-state index in [1.165, 1.54) is 12.1 Å². The molecule has 7 heteroatoms. The summed E-state index contributed by atoms with van der Waals surface area (Å²) in [5, 5.41) is 3.25. The van der Waals surface area contributed by atoms with Crippen LogP contribution in [0.4, 0.5) is 0 Å². The van der Waals surface area contributed by atoms with Crippen molar-refractivity contribution in [1.29, 1.82) is 0 Å². The van der Waals surface area contributed by atoms with E-state index in [0.717, 1.165) is 18.4 Å². The number of ether oxygens (including phenoxy) is 2. The van der Waals surface area contributed by atoms with Gasteiger partial charge in [-0.25, -0.2) is 9.59 Å². The summed E-state index contributed by atoms with van der Waals surface area (Å²) in [4.78, 5) is 36.7. The molecule has 0 aliphatic carbocycles. The van der Waals surface area contributed by atoms with Crippen LogP contribution in [-0.2, 0) is 4.79 Å². The average Bonchev–Trinajstić information content (AvgIpc) is 2.77. The van der Waals surface area contributed by atoms with Crippen LogP contribution in [0.5, 0.6) is 11.5 Å². The van der Waals surface area contributed by atoms with E-state index in [4.69, 9.17) is 13.9 Å². The zero-order valence-electron chi connectivity index (χ0n) is 18.5. The monoisotopic (exact) mass is 437 g/mol. The number of fused-ring (bicyclic) bond motifs is 1. The zero-order chi connectivity index (χ0) is 23.1. The zero-order valence-corrected chi connectivity index (χ0v) is 18.5. The first kappa shape index (κ1) is 23.1. The summed E-state index contributed by atoms with van der Waals surface area (Å²) < 4.78 is 16.2. The standard InChI is InChI=1S/C25H27NO6/c1-4-5-12-26-24(28)20-13-17-10-11-18(14-22(17)32-25(20)29)31-23(27)15-30-21-9-7-6-8-19(21)16(2)3/h6-11,13-14,16H,4-5,12,15H2,1-3H3,(H,26,28). The number of carbonyl (C=O) groups excluding carboxylic acids is 2. The van der Waals surface area contributed by atoms with E-state index < -0.39 is 17.5 Å². The molecular formula is C25H27NO6. The Balaban J connectivity index is 1.68. The van der Waals surface area contributed by atoms with E-state index in [1.54, 1.807) is 12.1 Å². The van der Waals surface area contributed by atoms with Crippen molar-refractivity contribution in [2.45, 2.75) is 39.5 Å². The van der Waals surface area contributed by atoms with Crippen molar-refractivity contribution in [3.05, 3.63) is 70.1 Å². The van der Waals surface area contributed by atoms with E-state index in [2.05, 4.69) is 5.32 Å². The second-order valence-electron chi connectivity index (χ2n) is 7.71. The van der Waals surface area contributed by atoms with Gasteiger partial charge in [0.05, 0.1) is 0 Å². The quantitative estimate of drug-likeness (QED) is 0.230. The molecule has 3 aromatic rings. The van der Waals surface area contributed by atoms with Crippen molar-refractivity contribution >= 4 is 22.8 Å². The third-order valence-electron chi connectivity index (χ3n) is 4.89. The van der Waals surface area contributed by atoms with Crippen molar-refractivity contribution in [3.8, 4) is 11.5 Å². The summed E-state index contributed by atoms with van der Waals surface area (Å²) in [6, 6.07) is 13.6. The predicted molar refractivity (Wildman–Crippen MR) is 121 cm³/mol. The van der Waals surface area contributed by atoms with E-state index in [-0.39, 0.29) is 29.4 Å². The highest BCUT2D eigenvalue weighted by Gasteiger charge is 2.15. The van der Waals surface area contributed by atoms with Crippen molar-refractivity contribution < 1.29 is 23.5 Å². The van der Waals surface area contributed by atoms with Gasteiger partial charge in [0.25, 0.3) is 5.91 Å². The van der Waals surface area contributed by atoms with Crippen LogP contribution < -0.4 is 20.4 Å². The van der Waals surface area contributed by atoms with Crippen LogP contribution in [-0.4, -0.2) is 25.0 Å². The predicted octanol–water partition coefficient (Wildman–Crippen LogP) is 4.43. The molecule has 1 N–H and O–H groups in total. The van der Waals surface area contributed by atoms with Gasteiger partial charge in [-0.2, -0.15) is 0 Å². The largest absolute Gasteiger partial charge is 0.482 e. The Bertz CT molecular complexity index is 1160. The Morgan fingerprint density at radius 3 is 2.62 bits per heavy atom. The smallest absolute Gasteiger partial charge is 0.349 e. The molecule has 1 amide bonds. The van der Waals surface area contributed by atoms with Gasteiger partial charge in [-0.15, -0.1) is 0 Å². The Labute approximate surface area is 186 Å². The fraction of sp³-hybridized carbons (Fsp3) is 0.320. The minimum Gasteiger partial charge on any atom is -0.482 e. The van der Waals surface area contributed by atoms with Gasteiger partial charge in [-0.3, -0.25) is 4.79 Å². The van der Waals surface area contributed by atoms with Crippen molar-refractivity contribution in [1.82, 2.24) is 5.32 Å². The number of benzene rings is 2. The minimum absolute atomic E-state index is 0.0597. The highest BCUT2D eigenvalue weighted by molar-refractivity contribution is 5.96. The van der Waals surface area contributed by atoms with E-state index in [0.29, 0.717) is 17.7 Å². The first-order valence-electron chi connectivity index (χ1n) is 10.7. The Morgan fingerprint density at radius 2 is 1.88 bits per heavy atom. The molecule has 1 heterocycles. The molecule has 0 fully saturated rings. The summed E-state index contributed by atoms with van der Waals surface area (Å²) in [5.41, 5.74) is 0.415. The number of amides is 1. The molecule has 0 bridgehead atoms. The van der Waals surface area contributed by atoms with Gasteiger partial charge in [0, 0.05) is 18.0 Å². The van der Waals surface area contributed by atoms with Gasteiger partial charge in [-0.05, 0) is 42.2 Å². The molecule has 0 aliphatic rings. The number of hydrogen-bond donors (Lipinski definition) is 1. The normalized spacial score (nSPS) is 10.9. The van der Waals surface area contributed by atoms with Gasteiger partial charge in [-0.1, -0.05) is 45.4 Å². The highest BCUT2D eigenvalue weighted by Crippen LogP contribution is 2.26. The van der Waals surface area contributed by atoms with Crippen molar-refractivity contribution in [3.63, 3.8) is 0 Å². The van der Waals surface area contributed by atoms with E-state index in [1.807, 2.05) is 45.0 Å². The molecule has 0 saturated carbocycles. The van der Waals surface area contributed by atoms with Gasteiger partial charge < -0.3 is 19.2 Å². The second kappa shape index (κ2) is 10.6. The lowest BCUT2D eigenvalue weighted by atomic mass is 10.0. The lowest BCUT2D eigenvalue weighted by Gasteiger charge is -2.13. The number of esters is 1. The maximum absolute atomic E-state index is 12.2. The van der Waals surface area contributed by atoms with Crippen LogP contribution in [0.1, 0.15) is 55.5 Å². The number of rotatable bonds is 9. The molecule has 32 heavy (non-hydrogen) atoms. The Kier molecular flexibility index (Phi) is 7.65. The van der Waals surface area contributed by atoms with Crippen LogP contribution >= 0.6 is 0 Å². The van der Waals surface area contributed by atoms with Crippen molar-refractivity contribution in [2.24, 2.45) is 0 Å². The topological polar surface area (TPSA) is 94.8 Å². The SMILES string of the molecule is CCCCNC(=O)c1cc2ccc(OC(=O)COc3ccccc3C(C)C)cc2oc1=O. The first-order valence-corrected chi connectivity index (χ1v) is 10.7. The Morgan fingerprint density at radius 1 is 1.09 bits per heavy atom. The maximum atomic E-state index is 12.2. The summed E-state index contributed by atoms with van der Waals surface area (Å²) >= 11 is 0. The number of unbranched alkanes of at least 4 members (excludes halogenated alkanes) is 1. The lowest BCUT2D eigenvalue weighted by molar-refractivity contribution is -0.136.